The molecular weight excluding hydrogens is 138 g/mol. The van der Waals surface area contributed by atoms with Crippen LogP contribution in [-0.2, 0) is 4.79 Å². The normalized spacial score (nSPS) is 26.4. The highest BCUT2D eigenvalue weighted by atomic mass is 16.2. The van der Waals surface area contributed by atoms with Crippen molar-refractivity contribution >= 4 is 5.91 Å². The van der Waals surface area contributed by atoms with Crippen LogP contribution in [0.25, 0.3) is 0 Å². The lowest BCUT2D eigenvalue weighted by molar-refractivity contribution is -0.133. The van der Waals surface area contributed by atoms with E-state index >= 15 is 0 Å². The second-order valence-electron chi connectivity index (χ2n) is 4.32. The summed E-state index contributed by atoms with van der Waals surface area (Å²) in [5.41, 5.74) is 0.00694. The largest absolute Gasteiger partial charge is 0.335 e. The van der Waals surface area contributed by atoms with Crippen LogP contribution in [0.4, 0.5) is 0 Å². The number of carbonyl (C=O) groups is 1. The summed E-state index contributed by atoms with van der Waals surface area (Å²) in [4.78, 5) is 13.4. The van der Waals surface area contributed by atoms with Crippen molar-refractivity contribution in [3.63, 3.8) is 0 Å². The molecule has 2 nitrogen and oxygen atoms in total. The molecule has 11 heavy (non-hydrogen) atoms. The van der Waals surface area contributed by atoms with Crippen LogP contribution >= 0.6 is 0 Å². The molecule has 2 heteroatoms. The summed E-state index contributed by atoms with van der Waals surface area (Å²) in [6.45, 7) is 8.39. The van der Waals surface area contributed by atoms with Gasteiger partial charge in [0.05, 0.1) is 0 Å². The molecular formula is C9H17NO. The lowest BCUT2D eigenvalue weighted by atomic mass is 10.1. The quantitative estimate of drug-likeness (QED) is 0.522. The van der Waals surface area contributed by atoms with Gasteiger partial charge in [-0.2, -0.15) is 0 Å². The van der Waals surface area contributed by atoms with Crippen LogP contribution in [0, 0.1) is 0 Å². The molecule has 1 rings (SSSR count). The highest BCUT2D eigenvalue weighted by Gasteiger charge is 2.35. The van der Waals surface area contributed by atoms with Gasteiger partial charge in [-0.05, 0) is 34.1 Å². The highest BCUT2D eigenvalue weighted by molar-refractivity contribution is 5.79. The molecule has 1 aliphatic rings. The first-order chi connectivity index (χ1) is 4.93. The predicted octanol–water partition coefficient (Wildman–Crippen LogP) is 1.80. The van der Waals surface area contributed by atoms with E-state index in [2.05, 4.69) is 27.7 Å². The van der Waals surface area contributed by atoms with Crippen LogP contribution in [0.5, 0.6) is 0 Å². The van der Waals surface area contributed by atoms with Crippen molar-refractivity contribution in [3.8, 4) is 0 Å². The molecule has 0 bridgehead atoms. The SMILES string of the molecule is CC1CCC(=O)N1C(C)(C)C. The topological polar surface area (TPSA) is 20.3 Å². The smallest absolute Gasteiger partial charge is 0.223 e. The number of amides is 1. The first kappa shape index (κ1) is 8.57. The van der Waals surface area contributed by atoms with Crippen molar-refractivity contribution in [2.45, 2.75) is 52.1 Å². The van der Waals surface area contributed by atoms with Crippen molar-refractivity contribution in [3.05, 3.63) is 0 Å². The maximum Gasteiger partial charge on any atom is 0.223 e. The van der Waals surface area contributed by atoms with Gasteiger partial charge >= 0.3 is 0 Å². The Kier molecular flexibility index (Phi) is 1.95. The number of rotatable bonds is 0. The van der Waals surface area contributed by atoms with E-state index in [0.29, 0.717) is 11.9 Å². The fourth-order valence-electron chi connectivity index (χ4n) is 1.86. The molecule has 1 saturated heterocycles. The van der Waals surface area contributed by atoms with Gasteiger partial charge in [0.15, 0.2) is 0 Å². The van der Waals surface area contributed by atoms with E-state index < -0.39 is 0 Å². The third-order valence-corrected chi connectivity index (χ3v) is 2.21. The van der Waals surface area contributed by atoms with Crippen molar-refractivity contribution < 1.29 is 4.79 Å². The molecule has 1 aliphatic heterocycles. The molecule has 1 unspecified atom stereocenters. The van der Waals surface area contributed by atoms with Crippen molar-refractivity contribution in [1.82, 2.24) is 4.90 Å². The minimum Gasteiger partial charge on any atom is -0.335 e. The number of carbonyl (C=O) groups excluding carboxylic acids is 1. The first-order valence-electron chi connectivity index (χ1n) is 4.25. The average Bonchev–Trinajstić information content (AvgIpc) is 2.08. The third-order valence-electron chi connectivity index (χ3n) is 2.21. The highest BCUT2D eigenvalue weighted by Crippen LogP contribution is 2.26. The fourth-order valence-corrected chi connectivity index (χ4v) is 1.86. The van der Waals surface area contributed by atoms with E-state index in [1.807, 2.05) is 4.90 Å². The summed E-state index contributed by atoms with van der Waals surface area (Å²) in [5.74, 6) is 0.310. The van der Waals surface area contributed by atoms with Crippen molar-refractivity contribution in [1.29, 1.82) is 0 Å². The standard InChI is InChI=1S/C9H17NO/c1-7-5-6-8(11)10(7)9(2,3)4/h7H,5-6H2,1-4H3. The van der Waals surface area contributed by atoms with Gasteiger partial charge in [-0.3, -0.25) is 4.79 Å². The Morgan fingerprint density at radius 1 is 1.45 bits per heavy atom. The van der Waals surface area contributed by atoms with E-state index in [1.165, 1.54) is 0 Å². The molecule has 1 heterocycles. The van der Waals surface area contributed by atoms with E-state index in [1.54, 1.807) is 0 Å². The monoisotopic (exact) mass is 155 g/mol. The Morgan fingerprint density at radius 2 is 2.00 bits per heavy atom. The van der Waals surface area contributed by atoms with Crippen LogP contribution < -0.4 is 0 Å². The number of nitrogens with zero attached hydrogens (tertiary/aromatic N) is 1. The van der Waals surface area contributed by atoms with E-state index in [9.17, 15) is 4.79 Å². The van der Waals surface area contributed by atoms with Gasteiger partial charge in [0.25, 0.3) is 0 Å². The van der Waals surface area contributed by atoms with Crippen molar-refractivity contribution in [2.24, 2.45) is 0 Å². The van der Waals surface area contributed by atoms with Crippen LogP contribution in [0.3, 0.4) is 0 Å². The molecule has 0 N–H and O–H groups in total. The van der Waals surface area contributed by atoms with Gasteiger partial charge in [-0.25, -0.2) is 0 Å². The molecule has 0 spiro atoms. The van der Waals surface area contributed by atoms with Crippen molar-refractivity contribution in [2.75, 3.05) is 0 Å². The van der Waals surface area contributed by atoms with E-state index in [-0.39, 0.29) is 5.54 Å². The average molecular weight is 155 g/mol. The molecule has 1 amide bonds. The Labute approximate surface area is 68.6 Å². The first-order valence-corrected chi connectivity index (χ1v) is 4.25. The summed E-state index contributed by atoms with van der Waals surface area (Å²) < 4.78 is 0. The summed E-state index contributed by atoms with van der Waals surface area (Å²) in [6.07, 6.45) is 1.76. The van der Waals surface area contributed by atoms with E-state index in [0.717, 1.165) is 12.8 Å². The number of hydrogen-bond donors (Lipinski definition) is 0. The third kappa shape index (κ3) is 1.55. The minimum atomic E-state index is 0.00694. The minimum absolute atomic E-state index is 0.00694. The Morgan fingerprint density at radius 3 is 2.18 bits per heavy atom. The Balaban J connectivity index is 2.77. The molecule has 64 valence electrons. The zero-order chi connectivity index (χ0) is 8.65. The van der Waals surface area contributed by atoms with Gasteiger partial charge in [-0.15, -0.1) is 0 Å². The maximum absolute atomic E-state index is 11.4. The lowest BCUT2D eigenvalue weighted by Gasteiger charge is -2.35. The Bertz CT molecular complexity index is 169. The lowest BCUT2D eigenvalue weighted by Crippen LogP contribution is -2.45. The summed E-state index contributed by atoms with van der Waals surface area (Å²) in [7, 11) is 0. The zero-order valence-corrected chi connectivity index (χ0v) is 7.85. The summed E-state index contributed by atoms with van der Waals surface area (Å²) in [5, 5.41) is 0. The van der Waals surface area contributed by atoms with Gasteiger partial charge in [0, 0.05) is 18.0 Å². The zero-order valence-electron chi connectivity index (χ0n) is 7.85. The molecule has 0 aromatic carbocycles. The van der Waals surface area contributed by atoms with Gasteiger partial charge in [-0.1, -0.05) is 0 Å². The van der Waals surface area contributed by atoms with Crippen LogP contribution in [0.1, 0.15) is 40.5 Å². The maximum atomic E-state index is 11.4. The van der Waals surface area contributed by atoms with Gasteiger partial charge in [0.2, 0.25) is 5.91 Å². The Hall–Kier alpha value is -0.530. The summed E-state index contributed by atoms with van der Waals surface area (Å²) in [6, 6.07) is 0.433. The van der Waals surface area contributed by atoms with Gasteiger partial charge in [0.1, 0.15) is 0 Å². The molecule has 0 radical (unpaired) electrons. The second kappa shape index (κ2) is 2.50. The van der Waals surface area contributed by atoms with Crippen LogP contribution in [0.15, 0.2) is 0 Å². The predicted molar refractivity (Wildman–Crippen MR) is 45.3 cm³/mol. The van der Waals surface area contributed by atoms with Gasteiger partial charge < -0.3 is 4.90 Å². The molecule has 0 aromatic rings. The number of hydrogen-bond acceptors (Lipinski definition) is 1. The van der Waals surface area contributed by atoms with Crippen LogP contribution in [0.2, 0.25) is 0 Å². The molecule has 1 fully saturated rings. The molecule has 0 saturated carbocycles. The molecule has 0 aliphatic carbocycles. The number of likely N-dealkylation sites (tertiary alicyclic amines) is 1. The van der Waals surface area contributed by atoms with Crippen LogP contribution in [-0.4, -0.2) is 22.4 Å². The second-order valence-corrected chi connectivity index (χ2v) is 4.32. The summed E-state index contributed by atoms with van der Waals surface area (Å²) >= 11 is 0. The fraction of sp³-hybridized carbons (Fsp3) is 0.889. The van der Waals surface area contributed by atoms with E-state index in [4.69, 9.17) is 0 Å². The molecule has 1 atom stereocenters. The molecule has 0 aromatic heterocycles.